The van der Waals surface area contributed by atoms with Crippen molar-refractivity contribution in [2.45, 2.75) is 6.10 Å². The number of aliphatic hydroxyl groups excluding tert-OH is 1. The largest absolute Gasteiger partial charge is 0.490 e. The fourth-order valence-corrected chi connectivity index (χ4v) is 1.75. The van der Waals surface area contributed by atoms with E-state index in [0.29, 0.717) is 0 Å². The molecule has 0 saturated heterocycles. The van der Waals surface area contributed by atoms with Crippen LogP contribution in [0, 0.1) is 0 Å². The van der Waals surface area contributed by atoms with Gasteiger partial charge < -0.3 is 14.6 Å². The van der Waals surface area contributed by atoms with E-state index >= 15 is 0 Å². The van der Waals surface area contributed by atoms with Crippen molar-refractivity contribution in [3.8, 4) is 5.75 Å². The molecule has 2 aromatic rings. The Morgan fingerprint density at radius 2 is 1.82 bits per heavy atom. The molecule has 0 spiro atoms. The zero-order valence-electron chi connectivity index (χ0n) is 9.80. The van der Waals surface area contributed by atoms with E-state index in [1.165, 1.54) is 0 Å². The molecule has 2 aromatic carbocycles. The van der Waals surface area contributed by atoms with Gasteiger partial charge in [-0.15, -0.1) is 0 Å². The Morgan fingerprint density at radius 1 is 1.06 bits per heavy atom. The minimum atomic E-state index is -0.598. The Morgan fingerprint density at radius 3 is 2.65 bits per heavy atom. The molecule has 1 atom stereocenters. The molecule has 0 aliphatic heterocycles. The van der Waals surface area contributed by atoms with Gasteiger partial charge in [-0.1, -0.05) is 36.4 Å². The summed E-state index contributed by atoms with van der Waals surface area (Å²) in [7, 11) is 1.56. The van der Waals surface area contributed by atoms with Gasteiger partial charge in [0.15, 0.2) is 0 Å². The van der Waals surface area contributed by atoms with Gasteiger partial charge in [0.25, 0.3) is 0 Å². The molecule has 0 saturated carbocycles. The molecule has 0 fully saturated rings. The van der Waals surface area contributed by atoms with E-state index in [9.17, 15) is 5.11 Å². The summed E-state index contributed by atoms with van der Waals surface area (Å²) in [6.07, 6.45) is -0.598. The van der Waals surface area contributed by atoms with Crippen molar-refractivity contribution in [2.75, 3.05) is 20.3 Å². The van der Waals surface area contributed by atoms with Gasteiger partial charge >= 0.3 is 0 Å². The van der Waals surface area contributed by atoms with Crippen molar-refractivity contribution >= 4 is 10.8 Å². The highest BCUT2D eigenvalue weighted by Crippen LogP contribution is 2.25. The number of ether oxygens (including phenoxy) is 2. The molecule has 17 heavy (non-hydrogen) atoms. The molecular weight excluding hydrogens is 216 g/mol. The Labute approximate surface area is 101 Å². The van der Waals surface area contributed by atoms with Crippen LogP contribution < -0.4 is 4.74 Å². The third-order valence-corrected chi connectivity index (χ3v) is 2.54. The average molecular weight is 232 g/mol. The Kier molecular flexibility index (Phi) is 3.96. The van der Waals surface area contributed by atoms with E-state index in [4.69, 9.17) is 9.47 Å². The lowest BCUT2D eigenvalue weighted by molar-refractivity contribution is 0.0329. The van der Waals surface area contributed by atoms with Gasteiger partial charge in [0.2, 0.25) is 0 Å². The summed E-state index contributed by atoms with van der Waals surface area (Å²) in [5.41, 5.74) is 0. The first kappa shape index (κ1) is 11.9. The number of fused-ring (bicyclic) bond motifs is 1. The zero-order valence-corrected chi connectivity index (χ0v) is 9.80. The van der Waals surface area contributed by atoms with Gasteiger partial charge in [-0.25, -0.2) is 0 Å². The topological polar surface area (TPSA) is 38.7 Å². The first-order valence-corrected chi connectivity index (χ1v) is 5.59. The summed E-state index contributed by atoms with van der Waals surface area (Å²) >= 11 is 0. The summed E-state index contributed by atoms with van der Waals surface area (Å²) in [6, 6.07) is 13.9. The molecule has 1 N–H and O–H groups in total. The molecule has 0 heterocycles. The Balaban J connectivity index is 2.13. The van der Waals surface area contributed by atoms with Gasteiger partial charge in [-0.3, -0.25) is 0 Å². The highest BCUT2D eigenvalue weighted by Gasteiger charge is 2.06. The van der Waals surface area contributed by atoms with E-state index in [1.807, 2.05) is 42.5 Å². The predicted octanol–water partition coefficient (Wildman–Crippen LogP) is 2.23. The van der Waals surface area contributed by atoms with Crippen LogP contribution in [0.4, 0.5) is 0 Å². The number of hydrogen-bond acceptors (Lipinski definition) is 3. The van der Waals surface area contributed by atoms with Crippen molar-refractivity contribution < 1.29 is 14.6 Å². The van der Waals surface area contributed by atoms with Crippen molar-refractivity contribution in [3.63, 3.8) is 0 Å². The van der Waals surface area contributed by atoms with Gasteiger partial charge in [0.05, 0.1) is 6.61 Å². The molecular formula is C14H16O3. The first-order valence-electron chi connectivity index (χ1n) is 5.59. The van der Waals surface area contributed by atoms with E-state index in [1.54, 1.807) is 7.11 Å². The van der Waals surface area contributed by atoms with E-state index in [2.05, 4.69) is 0 Å². The third-order valence-electron chi connectivity index (χ3n) is 2.54. The number of benzene rings is 2. The van der Waals surface area contributed by atoms with E-state index in [0.717, 1.165) is 16.5 Å². The van der Waals surface area contributed by atoms with Gasteiger partial charge in [-0.2, -0.15) is 0 Å². The normalized spacial score (nSPS) is 12.6. The molecule has 0 amide bonds. The van der Waals surface area contributed by atoms with Gasteiger partial charge in [-0.05, 0) is 11.5 Å². The van der Waals surface area contributed by atoms with Crippen LogP contribution in [-0.2, 0) is 4.74 Å². The second kappa shape index (κ2) is 5.66. The average Bonchev–Trinajstić information content (AvgIpc) is 2.36. The summed E-state index contributed by atoms with van der Waals surface area (Å²) < 4.78 is 10.5. The first-order chi connectivity index (χ1) is 8.31. The summed E-state index contributed by atoms with van der Waals surface area (Å²) in [5.74, 6) is 0.790. The summed E-state index contributed by atoms with van der Waals surface area (Å²) in [6.45, 7) is 0.520. The molecule has 0 aromatic heterocycles. The smallest absolute Gasteiger partial charge is 0.127 e. The number of rotatable bonds is 5. The van der Waals surface area contributed by atoms with Crippen LogP contribution >= 0.6 is 0 Å². The Hall–Kier alpha value is -1.58. The maximum Gasteiger partial charge on any atom is 0.127 e. The highest BCUT2D eigenvalue weighted by molar-refractivity contribution is 5.88. The summed E-state index contributed by atoms with van der Waals surface area (Å²) in [4.78, 5) is 0. The SMILES string of the molecule is COCC(O)COc1cccc2ccccc12. The van der Waals surface area contributed by atoms with E-state index < -0.39 is 6.10 Å². The van der Waals surface area contributed by atoms with Crippen LogP contribution in [0.1, 0.15) is 0 Å². The zero-order chi connectivity index (χ0) is 12.1. The van der Waals surface area contributed by atoms with Gasteiger partial charge in [0.1, 0.15) is 18.5 Å². The number of aliphatic hydroxyl groups is 1. The second-order valence-electron chi connectivity index (χ2n) is 3.90. The number of methoxy groups -OCH3 is 1. The standard InChI is InChI=1S/C14H16O3/c1-16-9-12(15)10-17-14-8-4-6-11-5-2-3-7-13(11)14/h2-8,12,15H,9-10H2,1H3. The van der Waals surface area contributed by atoms with Crippen LogP contribution in [0.15, 0.2) is 42.5 Å². The number of hydrogen-bond donors (Lipinski definition) is 1. The molecule has 3 heteroatoms. The predicted molar refractivity (Wildman–Crippen MR) is 67.3 cm³/mol. The molecule has 0 aliphatic carbocycles. The van der Waals surface area contributed by atoms with Gasteiger partial charge in [0, 0.05) is 12.5 Å². The van der Waals surface area contributed by atoms with Crippen LogP contribution in [0.3, 0.4) is 0 Å². The highest BCUT2D eigenvalue weighted by atomic mass is 16.5. The van der Waals surface area contributed by atoms with Crippen LogP contribution in [0.25, 0.3) is 10.8 Å². The molecule has 1 unspecified atom stereocenters. The lowest BCUT2D eigenvalue weighted by Crippen LogP contribution is -2.22. The Bertz CT molecular complexity index is 476. The van der Waals surface area contributed by atoms with Crippen LogP contribution in [-0.4, -0.2) is 31.5 Å². The maximum absolute atomic E-state index is 9.53. The quantitative estimate of drug-likeness (QED) is 0.859. The van der Waals surface area contributed by atoms with Crippen molar-refractivity contribution in [1.29, 1.82) is 0 Å². The lowest BCUT2D eigenvalue weighted by atomic mass is 10.1. The molecule has 2 rings (SSSR count). The van der Waals surface area contributed by atoms with Crippen molar-refractivity contribution in [2.24, 2.45) is 0 Å². The molecule has 90 valence electrons. The van der Waals surface area contributed by atoms with Crippen LogP contribution in [0.5, 0.6) is 5.75 Å². The van der Waals surface area contributed by atoms with Crippen molar-refractivity contribution in [3.05, 3.63) is 42.5 Å². The second-order valence-corrected chi connectivity index (χ2v) is 3.90. The monoisotopic (exact) mass is 232 g/mol. The van der Waals surface area contributed by atoms with E-state index in [-0.39, 0.29) is 13.2 Å². The lowest BCUT2D eigenvalue weighted by Gasteiger charge is -2.13. The minimum Gasteiger partial charge on any atom is -0.490 e. The summed E-state index contributed by atoms with van der Waals surface area (Å²) in [5, 5.41) is 11.7. The third kappa shape index (κ3) is 2.96. The minimum absolute atomic E-state index is 0.238. The molecule has 0 radical (unpaired) electrons. The molecule has 0 aliphatic rings. The fraction of sp³-hybridized carbons (Fsp3) is 0.286. The molecule has 3 nitrogen and oxygen atoms in total. The van der Waals surface area contributed by atoms with Crippen molar-refractivity contribution in [1.82, 2.24) is 0 Å². The van der Waals surface area contributed by atoms with Crippen LogP contribution in [0.2, 0.25) is 0 Å². The fourth-order valence-electron chi connectivity index (χ4n) is 1.75. The molecule has 0 bridgehead atoms. The maximum atomic E-state index is 9.53.